The number of thiazole rings is 1. The molecule has 2 unspecified atom stereocenters. The van der Waals surface area contributed by atoms with Crippen LogP contribution in [0.15, 0.2) is 30.3 Å². The summed E-state index contributed by atoms with van der Waals surface area (Å²) in [6.07, 6.45) is -0.336. The number of morpholine rings is 1. The second kappa shape index (κ2) is 9.30. The molecule has 0 radical (unpaired) electrons. The number of nitrogens with one attached hydrogen (secondary N) is 1. The first-order chi connectivity index (χ1) is 13.0. The van der Waals surface area contributed by atoms with Gasteiger partial charge in [0, 0.05) is 24.0 Å². The van der Waals surface area contributed by atoms with Crippen LogP contribution in [0.1, 0.15) is 34.1 Å². The number of rotatable bonds is 6. The summed E-state index contributed by atoms with van der Waals surface area (Å²) in [4.78, 5) is 19.9. The Kier molecular flexibility index (Phi) is 6.82. The summed E-state index contributed by atoms with van der Waals surface area (Å²) in [5.74, 6) is 0. The molecule has 27 heavy (non-hydrogen) atoms. The SMILES string of the molecule is Cc1nc(C(C)NCC2CN(C(=O)OCc3ccccc3)CCO2)c(C)s1. The van der Waals surface area contributed by atoms with Crippen LogP contribution in [0.4, 0.5) is 4.79 Å². The molecule has 0 aliphatic carbocycles. The molecule has 3 rings (SSSR count). The van der Waals surface area contributed by atoms with Crippen LogP contribution in [0.5, 0.6) is 0 Å². The molecule has 1 aromatic carbocycles. The average molecular weight is 390 g/mol. The van der Waals surface area contributed by atoms with Crippen molar-refractivity contribution in [2.24, 2.45) is 0 Å². The van der Waals surface area contributed by atoms with Crippen molar-refractivity contribution in [1.82, 2.24) is 15.2 Å². The van der Waals surface area contributed by atoms with E-state index >= 15 is 0 Å². The van der Waals surface area contributed by atoms with Gasteiger partial charge in [-0.05, 0) is 26.3 Å². The highest BCUT2D eigenvalue weighted by Gasteiger charge is 2.26. The normalized spacial score (nSPS) is 18.3. The van der Waals surface area contributed by atoms with Gasteiger partial charge in [-0.2, -0.15) is 0 Å². The maximum atomic E-state index is 12.3. The zero-order valence-electron chi connectivity index (χ0n) is 16.1. The lowest BCUT2D eigenvalue weighted by Gasteiger charge is -2.33. The van der Waals surface area contributed by atoms with Crippen molar-refractivity contribution in [2.75, 3.05) is 26.2 Å². The summed E-state index contributed by atoms with van der Waals surface area (Å²) in [6.45, 7) is 8.80. The second-order valence-corrected chi connectivity index (χ2v) is 8.19. The van der Waals surface area contributed by atoms with Crippen molar-refractivity contribution in [2.45, 2.75) is 39.5 Å². The topological polar surface area (TPSA) is 63.7 Å². The lowest BCUT2D eigenvalue weighted by molar-refractivity contribution is -0.0278. The molecule has 0 saturated carbocycles. The Balaban J connectivity index is 1.46. The Morgan fingerprint density at radius 2 is 2.19 bits per heavy atom. The monoisotopic (exact) mass is 389 g/mol. The highest BCUT2D eigenvalue weighted by molar-refractivity contribution is 7.11. The second-order valence-electron chi connectivity index (χ2n) is 6.78. The number of nitrogens with zero attached hydrogens (tertiary/aromatic N) is 2. The number of aryl methyl sites for hydroxylation is 2. The van der Waals surface area contributed by atoms with Gasteiger partial charge >= 0.3 is 6.09 Å². The molecule has 2 aromatic rings. The summed E-state index contributed by atoms with van der Waals surface area (Å²) in [7, 11) is 0. The first-order valence-corrected chi connectivity index (χ1v) is 10.1. The zero-order chi connectivity index (χ0) is 19.2. The van der Waals surface area contributed by atoms with Gasteiger partial charge in [0.15, 0.2) is 0 Å². The molecular weight excluding hydrogens is 362 g/mol. The van der Waals surface area contributed by atoms with Gasteiger partial charge in [-0.15, -0.1) is 11.3 Å². The van der Waals surface area contributed by atoms with Crippen LogP contribution in [0.3, 0.4) is 0 Å². The molecule has 2 atom stereocenters. The van der Waals surface area contributed by atoms with Crippen LogP contribution in [-0.2, 0) is 16.1 Å². The van der Waals surface area contributed by atoms with Crippen LogP contribution >= 0.6 is 11.3 Å². The van der Waals surface area contributed by atoms with Crippen molar-refractivity contribution in [3.8, 4) is 0 Å². The Morgan fingerprint density at radius 1 is 1.41 bits per heavy atom. The fourth-order valence-electron chi connectivity index (χ4n) is 3.17. The van der Waals surface area contributed by atoms with Crippen LogP contribution in [0, 0.1) is 13.8 Å². The number of hydrogen-bond donors (Lipinski definition) is 1. The Hall–Kier alpha value is -1.96. The summed E-state index contributed by atoms with van der Waals surface area (Å²) in [5.41, 5.74) is 2.08. The number of amides is 1. The van der Waals surface area contributed by atoms with Gasteiger partial charge in [-0.25, -0.2) is 9.78 Å². The van der Waals surface area contributed by atoms with E-state index in [-0.39, 0.29) is 18.2 Å². The Labute approximate surface area is 164 Å². The minimum atomic E-state index is -0.286. The number of benzene rings is 1. The van der Waals surface area contributed by atoms with Crippen molar-refractivity contribution in [1.29, 1.82) is 0 Å². The summed E-state index contributed by atoms with van der Waals surface area (Å²) in [5, 5.41) is 4.56. The molecule has 2 heterocycles. The van der Waals surface area contributed by atoms with Crippen LogP contribution in [-0.4, -0.2) is 48.3 Å². The summed E-state index contributed by atoms with van der Waals surface area (Å²) < 4.78 is 11.2. The van der Waals surface area contributed by atoms with E-state index < -0.39 is 0 Å². The van der Waals surface area contributed by atoms with Crippen molar-refractivity contribution >= 4 is 17.4 Å². The van der Waals surface area contributed by atoms with Crippen LogP contribution in [0.25, 0.3) is 0 Å². The molecule has 1 aromatic heterocycles. The third-order valence-electron chi connectivity index (χ3n) is 4.60. The van der Waals surface area contributed by atoms with Gasteiger partial charge in [0.25, 0.3) is 0 Å². The number of carbonyl (C=O) groups is 1. The van der Waals surface area contributed by atoms with Gasteiger partial charge < -0.3 is 19.7 Å². The average Bonchev–Trinajstić information content (AvgIpc) is 3.03. The van der Waals surface area contributed by atoms with E-state index in [0.29, 0.717) is 32.8 Å². The van der Waals surface area contributed by atoms with E-state index in [1.165, 1.54) is 4.88 Å². The van der Waals surface area contributed by atoms with Crippen molar-refractivity contribution in [3.05, 3.63) is 51.5 Å². The molecule has 0 bridgehead atoms. The van der Waals surface area contributed by atoms with Crippen LogP contribution in [0.2, 0.25) is 0 Å². The van der Waals surface area contributed by atoms with Gasteiger partial charge in [-0.1, -0.05) is 30.3 Å². The molecule has 146 valence electrons. The third kappa shape index (κ3) is 5.51. The number of ether oxygens (including phenoxy) is 2. The maximum absolute atomic E-state index is 12.3. The predicted molar refractivity (Wildman–Crippen MR) is 106 cm³/mol. The Bertz CT molecular complexity index is 750. The number of aromatic nitrogens is 1. The van der Waals surface area contributed by atoms with E-state index in [0.717, 1.165) is 16.3 Å². The quantitative estimate of drug-likeness (QED) is 0.820. The summed E-state index contributed by atoms with van der Waals surface area (Å²) >= 11 is 1.72. The highest BCUT2D eigenvalue weighted by Crippen LogP contribution is 2.22. The van der Waals surface area contributed by atoms with Gasteiger partial charge in [-0.3, -0.25) is 0 Å². The van der Waals surface area contributed by atoms with Crippen molar-refractivity contribution < 1.29 is 14.3 Å². The zero-order valence-corrected chi connectivity index (χ0v) is 16.9. The lowest BCUT2D eigenvalue weighted by Crippen LogP contribution is -2.49. The van der Waals surface area contributed by atoms with E-state index in [4.69, 9.17) is 9.47 Å². The minimum absolute atomic E-state index is 0.0504. The molecule has 7 heteroatoms. The van der Waals surface area contributed by atoms with E-state index in [2.05, 4.69) is 24.1 Å². The molecule has 1 amide bonds. The predicted octanol–water partition coefficient (Wildman–Crippen LogP) is 3.45. The van der Waals surface area contributed by atoms with Gasteiger partial charge in [0.1, 0.15) is 6.61 Å². The first kappa shape index (κ1) is 19.8. The molecule has 1 aliphatic heterocycles. The molecule has 1 fully saturated rings. The smallest absolute Gasteiger partial charge is 0.410 e. The fourth-order valence-corrected chi connectivity index (χ4v) is 4.08. The fraction of sp³-hybridized carbons (Fsp3) is 0.500. The molecule has 1 saturated heterocycles. The molecule has 0 spiro atoms. The van der Waals surface area contributed by atoms with E-state index in [1.807, 2.05) is 37.3 Å². The first-order valence-electron chi connectivity index (χ1n) is 9.27. The maximum Gasteiger partial charge on any atom is 0.410 e. The van der Waals surface area contributed by atoms with E-state index in [9.17, 15) is 4.79 Å². The highest BCUT2D eigenvalue weighted by atomic mass is 32.1. The third-order valence-corrected chi connectivity index (χ3v) is 5.51. The van der Waals surface area contributed by atoms with Crippen LogP contribution < -0.4 is 5.32 Å². The molecule has 1 aliphatic rings. The number of carbonyl (C=O) groups excluding carboxylic acids is 1. The summed E-state index contributed by atoms with van der Waals surface area (Å²) in [6, 6.07) is 9.86. The molecule has 1 N–H and O–H groups in total. The molecule has 6 nitrogen and oxygen atoms in total. The largest absolute Gasteiger partial charge is 0.445 e. The van der Waals surface area contributed by atoms with Gasteiger partial charge in [0.05, 0.1) is 30.0 Å². The van der Waals surface area contributed by atoms with Crippen molar-refractivity contribution in [3.63, 3.8) is 0 Å². The Morgan fingerprint density at radius 3 is 2.89 bits per heavy atom. The van der Waals surface area contributed by atoms with E-state index in [1.54, 1.807) is 16.2 Å². The minimum Gasteiger partial charge on any atom is -0.445 e. The van der Waals surface area contributed by atoms with Gasteiger partial charge in [0.2, 0.25) is 0 Å². The number of hydrogen-bond acceptors (Lipinski definition) is 6. The standard InChI is InChI=1S/C20H27N3O3S/c1-14(19-15(2)27-16(3)22-19)21-11-18-12-23(9-10-25-18)20(24)26-13-17-7-5-4-6-8-17/h4-8,14,18,21H,9-13H2,1-3H3. The lowest BCUT2D eigenvalue weighted by atomic mass is 10.2. The molecular formula is C20H27N3O3S.